The Labute approximate surface area is 252 Å². The van der Waals surface area contributed by atoms with Gasteiger partial charge in [0.25, 0.3) is 0 Å². The van der Waals surface area contributed by atoms with Crippen LogP contribution in [0.5, 0.6) is 0 Å². The van der Waals surface area contributed by atoms with E-state index in [0.29, 0.717) is 0 Å². The number of aromatic nitrogens is 3. The van der Waals surface area contributed by atoms with Gasteiger partial charge in [0.1, 0.15) is 5.76 Å². The van der Waals surface area contributed by atoms with Crippen molar-refractivity contribution < 1.29 is 30.0 Å². The molecule has 0 bridgehead atoms. The minimum absolute atomic E-state index is 0. The largest absolute Gasteiger partial charge is 0.512 e. The molecule has 215 valence electrons. The van der Waals surface area contributed by atoms with Crippen molar-refractivity contribution in [3.05, 3.63) is 77.6 Å². The molecule has 4 rings (SSSR count). The molecule has 0 aliphatic carbocycles. The van der Waals surface area contributed by atoms with E-state index in [9.17, 15) is 9.90 Å². The van der Waals surface area contributed by atoms with Crippen LogP contribution in [0.15, 0.2) is 54.4 Å². The third-order valence-corrected chi connectivity index (χ3v) is 6.54. The number of aliphatic hydroxyl groups is 1. The average molecular weight is 717 g/mol. The van der Waals surface area contributed by atoms with Crippen molar-refractivity contribution in [2.24, 2.45) is 10.8 Å². The molecule has 4 aromatic rings. The summed E-state index contributed by atoms with van der Waals surface area (Å²) in [5, 5.41) is 14.2. The van der Waals surface area contributed by atoms with Crippen LogP contribution in [0.2, 0.25) is 0 Å². The van der Waals surface area contributed by atoms with E-state index >= 15 is 0 Å². The fraction of sp³-hybridized carbons (Fsp3) is 0.412. The van der Waals surface area contributed by atoms with Crippen molar-refractivity contribution >= 4 is 27.3 Å². The fourth-order valence-electron chi connectivity index (χ4n) is 3.99. The molecule has 1 aromatic carbocycles. The molecule has 40 heavy (non-hydrogen) atoms. The third kappa shape index (κ3) is 7.83. The molecule has 6 heteroatoms. The molecule has 0 aliphatic heterocycles. The molecule has 5 nitrogen and oxygen atoms in total. The number of carbonyl (C=O) groups excluding carboxylic acids is 1. The summed E-state index contributed by atoms with van der Waals surface area (Å²) in [5.41, 5.74) is 4.02. The number of fused-ring (bicyclic) bond motifs is 3. The van der Waals surface area contributed by atoms with E-state index in [4.69, 9.17) is 4.98 Å². The number of benzene rings is 1. The van der Waals surface area contributed by atoms with Crippen LogP contribution in [0.25, 0.3) is 32.9 Å². The Hall–Kier alpha value is -2.95. The van der Waals surface area contributed by atoms with E-state index in [1.807, 2.05) is 66.8 Å². The summed E-state index contributed by atoms with van der Waals surface area (Å²) in [6.45, 7) is 21.7. The summed E-state index contributed by atoms with van der Waals surface area (Å²) in [7, 11) is 0. The molecule has 1 radical (unpaired) electrons. The van der Waals surface area contributed by atoms with E-state index in [1.54, 1.807) is 0 Å². The molecule has 1 N–H and O–H groups in total. The Kier molecular flexibility index (Phi) is 10.2. The van der Waals surface area contributed by atoms with Crippen LogP contribution in [0, 0.1) is 30.7 Å². The maximum absolute atomic E-state index is 11.5. The number of nitrogens with zero attached hydrogens (tertiary/aromatic N) is 3. The van der Waals surface area contributed by atoms with Gasteiger partial charge in [-0.25, -0.2) is 0 Å². The summed E-state index contributed by atoms with van der Waals surface area (Å²) in [6, 6.07) is 15.7. The van der Waals surface area contributed by atoms with Gasteiger partial charge in [0.05, 0.1) is 0 Å². The average Bonchev–Trinajstić information content (AvgIpc) is 2.82. The molecule has 0 spiro atoms. The Bertz CT molecular complexity index is 1550. The number of hydrogen-bond acceptors (Lipinski definition) is 5. The number of pyridine rings is 3. The van der Waals surface area contributed by atoms with E-state index in [1.165, 1.54) is 22.2 Å². The Morgan fingerprint density at radius 2 is 1.45 bits per heavy atom. The van der Waals surface area contributed by atoms with Gasteiger partial charge in [0, 0.05) is 60.0 Å². The SMILES string of the molecule is CC(C)(C)C(=O)/C=C(\O)C(C)(C)C.Cc1cc2c(ccc3c(-c4[c-]ccc(C(C)(C)C)n4)nccc32)c(C)n1.[Ir]. The standard InChI is InChI=1S/C23H22N3.C11H20O2.Ir/c1-14-13-19-16(15(2)25-14)9-10-18-17(19)11-12-24-22(18)20-7-6-8-21(26-20)23(3,4)5;1-10(2,3)8(12)7-9(13)11(4,5)6;/h6,8-13H,1-5H3;7,12H,1-6H3;/q-1;;/b;8-7-;. The van der Waals surface area contributed by atoms with Gasteiger partial charge < -0.3 is 10.1 Å². The van der Waals surface area contributed by atoms with Crippen LogP contribution in [0.1, 0.15) is 79.4 Å². The minimum Gasteiger partial charge on any atom is -0.512 e. The first kappa shape index (κ1) is 33.3. The topological polar surface area (TPSA) is 76.0 Å². The van der Waals surface area contributed by atoms with E-state index in [2.05, 4.69) is 68.0 Å². The van der Waals surface area contributed by atoms with Crippen molar-refractivity contribution in [3.8, 4) is 11.4 Å². The second kappa shape index (κ2) is 12.3. The van der Waals surface area contributed by atoms with E-state index < -0.39 is 5.41 Å². The molecule has 0 fully saturated rings. The zero-order chi connectivity index (χ0) is 29.3. The van der Waals surface area contributed by atoms with Crippen molar-refractivity contribution in [1.82, 2.24) is 15.0 Å². The first-order chi connectivity index (χ1) is 17.9. The Morgan fingerprint density at radius 3 is 2.02 bits per heavy atom. The molecule has 0 atom stereocenters. The van der Waals surface area contributed by atoms with Gasteiger partial charge in [-0.05, 0) is 64.6 Å². The molecule has 3 heterocycles. The zero-order valence-electron chi connectivity index (χ0n) is 25.6. The van der Waals surface area contributed by atoms with Crippen molar-refractivity contribution in [2.45, 2.75) is 81.6 Å². The third-order valence-electron chi connectivity index (χ3n) is 6.54. The van der Waals surface area contributed by atoms with Crippen molar-refractivity contribution in [3.63, 3.8) is 0 Å². The van der Waals surface area contributed by atoms with Crippen LogP contribution in [0.4, 0.5) is 0 Å². The number of aliphatic hydroxyl groups excluding tert-OH is 1. The molecule has 0 unspecified atom stereocenters. The fourth-order valence-corrected chi connectivity index (χ4v) is 3.99. The number of rotatable bonds is 2. The zero-order valence-corrected chi connectivity index (χ0v) is 28.0. The predicted octanol–water partition coefficient (Wildman–Crippen LogP) is 8.65. The van der Waals surface area contributed by atoms with Crippen LogP contribution in [-0.2, 0) is 30.3 Å². The maximum Gasteiger partial charge on any atom is 0.164 e. The number of allylic oxidation sites excluding steroid dienone is 2. The smallest absolute Gasteiger partial charge is 0.164 e. The molecule has 0 amide bonds. The van der Waals surface area contributed by atoms with Gasteiger partial charge in [-0.15, -0.1) is 6.07 Å². The number of ketones is 1. The van der Waals surface area contributed by atoms with E-state index in [0.717, 1.165) is 33.9 Å². The molecular formula is C34H42IrN3O2-. The summed E-state index contributed by atoms with van der Waals surface area (Å²) in [4.78, 5) is 25.6. The quantitative estimate of drug-likeness (QED) is 0.0973. The summed E-state index contributed by atoms with van der Waals surface area (Å²) in [5.74, 6) is 0.104. The second-order valence-electron chi connectivity index (χ2n) is 13.2. The number of hydrogen-bond donors (Lipinski definition) is 1. The summed E-state index contributed by atoms with van der Waals surface area (Å²) in [6.07, 6.45) is 3.20. The summed E-state index contributed by atoms with van der Waals surface area (Å²) < 4.78 is 0. The summed E-state index contributed by atoms with van der Waals surface area (Å²) >= 11 is 0. The first-order valence-corrected chi connectivity index (χ1v) is 13.4. The normalized spacial score (nSPS) is 12.5. The Balaban J connectivity index is 0.000000344. The van der Waals surface area contributed by atoms with Crippen LogP contribution in [0.3, 0.4) is 0 Å². The van der Waals surface area contributed by atoms with Crippen LogP contribution in [-0.4, -0.2) is 25.8 Å². The monoisotopic (exact) mass is 717 g/mol. The van der Waals surface area contributed by atoms with Gasteiger partial charge in [-0.1, -0.05) is 74.4 Å². The molecule has 0 saturated carbocycles. The Morgan fingerprint density at radius 1 is 0.825 bits per heavy atom. The van der Waals surface area contributed by atoms with Gasteiger partial charge in [0.15, 0.2) is 5.78 Å². The predicted molar refractivity (Wildman–Crippen MR) is 162 cm³/mol. The van der Waals surface area contributed by atoms with Crippen LogP contribution >= 0.6 is 0 Å². The number of carbonyl (C=O) groups is 1. The van der Waals surface area contributed by atoms with Gasteiger partial charge in [-0.2, -0.15) is 12.1 Å². The van der Waals surface area contributed by atoms with Crippen molar-refractivity contribution in [2.75, 3.05) is 0 Å². The maximum atomic E-state index is 11.5. The first-order valence-electron chi connectivity index (χ1n) is 13.4. The van der Waals surface area contributed by atoms with Gasteiger partial charge in [-0.3, -0.25) is 14.8 Å². The molecular weight excluding hydrogens is 675 g/mol. The van der Waals surface area contributed by atoms with Crippen molar-refractivity contribution in [1.29, 1.82) is 0 Å². The molecule has 0 saturated heterocycles. The molecule has 3 aromatic heterocycles. The van der Waals surface area contributed by atoms with Gasteiger partial charge >= 0.3 is 0 Å². The van der Waals surface area contributed by atoms with Gasteiger partial charge in [0.2, 0.25) is 0 Å². The minimum atomic E-state index is -0.417. The second-order valence-corrected chi connectivity index (χ2v) is 13.2. The molecule has 0 aliphatic rings. The van der Waals surface area contributed by atoms with E-state index in [-0.39, 0.29) is 42.5 Å². The number of aryl methyl sites for hydroxylation is 2. The van der Waals surface area contributed by atoms with Crippen LogP contribution < -0.4 is 0 Å².